The van der Waals surface area contributed by atoms with Crippen LogP contribution >= 0.6 is 7.37 Å². The Morgan fingerprint density at radius 2 is 1.18 bits per heavy atom. The highest BCUT2D eigenvalue weighted by molar-refractivity contribution is 7.58. The molecule has 5 heteroatoms. The van der Waals surface area contributed by atoms with Crippen molar-refractivity contribution in [3.05, 3.63) is 0 Å². The van der Waals surface area contributed by atoms with Crippen molar-refractivity contribution in [2.24, 2.45) is 0 Å². The fourth-order valence-corrected chi connectivity index (χ4v) is 4.56. The third kappa shape index (κ3) is 6.56. The van der Waals surface area contributed by atoms with Gasteiger partial charge in [-0.3, -0.25) is 14.4 Å². The maximum absolute atomic E-state index is 12.8. The summed E-state index contributed by atoms with van der Waals surface area (Å²) in [6.45, 7) is 14.5. The highest BCUT2D eigenvalue weighted by Crippen LogP contribution is 2.47. The quantitative estimate of drug-likeness (QED) is 0.568. The van der Waals surface area contributed by atoms with Gasteiger partial charge in [-0.05, 0) is 33.1 Å². The zero-order valence-corrected chi connectivity index (χ0v) is 13.0. The predicted molar refractivity (Wildman–Crippen MR) is 74.8 cm³/mol. The van der Waals surface area contributed by atoms with E-state index in [1.165, 1.54) is 0 Å². The van der Waals surface area contributed by atoms with Crippen LogP contribution in [0.3, 0.4) is 0 Å². The van der Waals surface area contributed by atoms with Crippen LogP contribution in [-0.2, 0) is 9.09 Å². The van der Waals surface area contributed by atoms with E-state index >= 15 is 0 Å². The minimum atomic E-state index is -2.55. The van der Waals surface area contributed by atoms with Gasteiger partial charge in [-0.15, -0.1) is 0 Å². The molecule has 0 aliphatic carbocycles. The molecule has 0 saturated heterocycles. The summed E-state index contributed by atoms with van der Waals surface area (Å²) in [5, 5.41) is 0. The van der Waals surface area contributed by atoms with E-state index in [9.17, 15) is 4.57 Å². The van der Waals surface area contributed by atoms with Crippen LogP contribution in [0.25, 0.3) is 0 Å². The average Bonchev–Trinajstić information content (AvgIpc) is 2.33. The molecule has 0 heterocycles. The van der Waals surface area contributed by atoms with Gasteiger partial charge in [-0.25, -0.2) is 0 Å². The van der Waals surface area contributed by atoms with Gasteiger partial charge < -0.3 is 4.52 Å². The standard InChI is InChI=1S/C12H29N2O2P/c1-6-13(7-2)11-17(15,16-10-5)12-14(8-3)9-4/h6-12H2,1-5H3. The Morgan fingerprint density at radius 1 is 0.824 bits per heavy atom. The largest absolute Gasteiger partial charge is 0.327 e. The van der Waals surface area contributed by atoms with Gasteiger partial charge in [0.05, 0.1) is 19.2 Å². The first-order chi connectivity index (χ1) is 8.05. The lowest BCUT2D eigenvalue weighted by atomic mass is 10.6. The maximum Gasteiger partial charge on any atom is 0.230 e. The van der Waals surface area contributed by atoms with Crippen LogP contribution in [0.15, 0.2) is 0 Å². The molecule has 0 atom stereocenters. The number of hydrogen-bond acceptors (Lipinski definition) is 4. The Hall–Kier alpha value is 0.110. The van der Waals surface area contributed by atoms with E-state index < -0.39 is 7.37 Å². The normalized spacial score (nSPS) is 12.6. The van der Waals surface area contributed by atoms with Crippen LogP contribution < -0.4 is 0 Å². The Bertz CT molecular complexity index is 211. The molecule has 17 heavy (non-hydrogen) atoms. The second-order valence-corrected chi connectivity index (χ2v) is 6.57. The molecular formula is C12H29N2O2P. The first-order valence-corrected chi connectivity index (χ1v) is 8.71. The van der Waals surface area contributed by atoms with E-state index in [0.29, 0.717) is 19.2 Å². The minimum Gasteiger partial charge on any atom is -0.327 e. The number of hydrogen-bond donors (Lipinski definition) is 0. The van der Waals surface area contributed by atoms with Gasteiger partial charge in [0.25, 0.3) is 0 Å². The smallest absolute Gasteiger partial charge is 0.230 e. The fraction of sp³-hybridized carbons (Fsp3) is 1.00. The lowest BCUT2D eigenvalue weighted by molar-refractivity contribution is 0.265. The second kappa shape index (κ2) is 9.09. The third-order valence-electron chi connectivity index (χ3n) is 2.98. The van der Waals surface area contributed by atoms with E-state index in [2.05, 4.69) is 37.5 Å². The second-order valence-electron chi connectivity index (χ2n) is 4.12. The highest BCUT2D eigenvalue weighted by Gasteiger charge is 2.27. The molecule has 0 unspecified atom stereocenters. The molecule has 0 saturated carbocycles. The first kappa shape index (κ1) is 17.1. The predicted octanol–water partition coefficient (Wildman–Crippen LogP) is 2.90. The monoisotopic (exact) mass is 264 g/mol. The van der Waals surface area contributed by atoms with Gasteiger partial charge in [0.2, 0.25) is 7.37 Å². The maximum atomic E-state index is 12.8. The number of rotatable bonds is 10. The Kier molecular flexibility index (Phi) is 9.15. The van der Waals surface area contributed by atoms with Gasteiger partial charge in [0, 0.05) is 0 Å². The van der Waals surface area contributed by atoms with E-state index in [0.717, 1.165) is 26.2 Å². The Balaban J connectivity index is 4.59. The molecule has 0 aliphatic rings. The summed E-state index contributed by atoms with van der Waals surface area (Å²) in [6.07, 6.45) is 1.15. The molecule has 0 radical (unpaired) electrons. The summed E-state index contributed by atoms with van der Waals surface area (Å²) in [5.74, 6) is 0. The van der Waals surface area contributed by atoms with Crippen molar-refractivity contribution >= 4 is 7.37 Å². The van der Waals surface area contributed by atoms with E-state index in [1.807, 2.05) is 6.92 Å². The van der Waals surface area contributed by atoms with Gasteiger partial charge >= 0.3 is 0 Å². The molecule has 0 aliphatic heterocycles. The van der Waals surface area contributed by atoms with Gasteiger partial charge in [-0.2, -0.15) is 0 Å². The van der Waals surface area contributed by atoms with Crippen molar-refractivity contribution in [3.8, 4) is 0 Å². The van der Waals surface area contributed by atoms with Crippen molar-refractivity contribution in [1.82, 2.24) is 9.80 Å². The van der Waals surface area contributed by atoms with Crippen molar-refractivity contribution in [3.63, 3.8) is 0 Å². The molecule has 0 fully saturated rings. The van der Waals surface area contributed by atoms with Gasteiger partial charge in [-0.1, -0.05) is 27.7 Å². The summed E-state index contributed by atoms with van der Waals surface area (Å²) in [7, 11) is -2.55. The van der Waals surface area contributed by atoms with Gasteiger partial charge in [0.15, 0.2) is 0 Å². The third-order valence-corrected chi connectivity index (χ3v) is 5.37. The lowest BCUT2D eigenvalue weighted by Crippen LogP contribution is -2.30. The van der Waals surface area contributed by atoms with Crippen molar-refractivity contribution in [2.75, 3.05) is 45.4 Å². The molecule has 0 aromatic heterocycles. The molecule has 0 bridgehead atoms. The summed E-state index contributed by atoms with van der Waals surface area (Å²) in [6, 6.07) is 0. The summed E-state index contributed by atoms with van der Waals surface area (Å²) < 4.78 is 18.3. The van der Waals surface area contributed by atoms with Crippen molar-refractivity contribution < 1.29 is 9.09 Å². The molecule has 0 aromatic carbocycles. The fourth-order valence-electron chi connectivity index (χ4n) is 1.82. The van der Waals surface area contributed by atoms with E-state index in [1.54, 1.807) is 0 Å². The zero-order valence-electron chi connectivity index (χ0n) is 12.1. The van der Waals surface area contributed by atoms with Crippen LogP contribution in [-0.4, -0.2) is 55.2 Å². The number of nitrogens with zero attached hydrogens (tertiary/aromatic N) is 2. The SMILES string of the molecule is CCOP(=O)(CN(CC)CC)CN(CC)CC. The molecule has 0 N–H and O–H groups in total. The topological polar surface area (TPSA) is 32.8 Å². The summed E-state index contributed by atoms with van der Waals surface area (Å²) in [5.41, 5.74) is 0. The van der Waals surface area contributed by atoms with Gasteiger partial charge in [0.1, 0.15) is 0 Å². The summed E-state index contributed by atoms with van der Waals surface area (Å²) in [4.78, 5) is 4.36. The molecule has 0 rings (SSSR count). The van der Waals surface area contributed by atoms with Crippen LogP contribution in [0.1, 0.15) is 34.6 Å². The molecule has 104 valence electrons. The zero-order chi connectivity index (χ0) is 13.3. The van der Waals surface area contributed by atoms with Crippen LogP contribution in [0.2, 0.25) is 0 Å². The highest BCUT2D eigenvalue weighted by atomic mass is 31.2. The summed E-state index contributed by atoms with van der Waals surface area (Å²) >= 11 is 0. The minimum absolute atomic E-state index is 0.528. The molecule has 0 spiro atoms. The van der Waals surface area contributed by atoms with Crippen LogP contribution in [0.4, 0.5) is 0 Å². The van der Waals surface area contributed by atoms with Crippen LogP contribution in [0, 0.1) is 0 Å². The first-order valence-electron chi connectivity index (χ1n) is 6.72. The molecule has 0 amide bonds. The van der Waals surface area contributed by atoms with Crippen molar-refractivity contribution in [1.29, 1.82) is 0 Å². The molecular weight excluding hydrogens is 235 g/mol. The average molecular weight is 264 g/mol. The van der Waals surface area contributed by atoms with E-state index in [4.69, 9.17) is 4.52 Å². The lowest BCUT2D eigenvalue weighted by Gasteiger charge is -2.29. The Labute approximate surface area is 107 Å². The molecule has 4 nitrogen and oxygen atoms in total. The molecule has 0 aromatic rings. The van der Waals surface area contributed by atoms with Crippen molar-refractivity contribution in [2.45, 2.75) is 34.6 Å². The van der Waals surface area contributed by atoms with E-state index in [-0.39, 0.29) is 0 Å². The van der Waals surface area contributed by atoms with Crippen LogP contribution in [0.5, 0.6) is 0 Å². The Morgan fingerprint density at radius 3 is 1.41 bits per heavy atom.